The minimum absolute atomic E-state index is 0.187. The van der Waals surface area contributed by atoms with Crippen molar-refractivity contribution in [2.45, 2.75) is 6.92 Å². The second-order valence-electron chi connectivity index (χ2n) is 4.80. The molecule has 5 nitrogen and oxygen atoms in total. The van der Waals surface area contributed by atoms with Crippen molar-refractivity contribution < 1.29 is 9.53 Å². The van der Waals surface area contributed by atoms with E-state index < -0.39 is 0 Å². The maximum Gasteiger partial charge on any atom is 0.257 e. The summed E-state index contributed by atoms with van der Waals surface area (Å²) in [6.45, 7) is 3.20. The Bertz CT molecular complexity index is 662. The Morgan fingerprint density at radius 3 is 2.86 bits per heavy atom. The van der Waals surface area contributed by atoms with Crippen molar-refractivity contribution in [2.75, 3.05) is 30.9 Å². The zero-order chi connectivity index (χ0) is 15.9. The van der Waals surface area contributed by atoms with E-state index in [-0.39, 0.29) is 5.91 Å². The highest BCUT2D eigenvalue weighted by Gasteiger charge is 2.09. The van der Waals surface area contributed by atoms with E-state index >= 15 is 0 Å². The first kappa shape index (κ1) is 16.5. The van der Waals surface area contributed by atoms with Gasteiger partial charge in [-0.25, -0.2) is 0 Å². The number of ether oxygens (including phenoxy) is 1. The number of halogens is 1. The monoisotopic (exact) mass is 363 g/mol. The van der Waals surface area contributed by atoms with Gasteiger partial charge in [-0.1, -0.05) is 15.9 Å². The average molecular weight is 364 g/mol. The van der Waals surface area contributed by atoms with Crippen molar-refractivity contribution in [1.29, 1.82) is 0 Å². The molecule has 1 aromatic heterocycles. The fraction of sp³-hybridized carbons (Fsp3) is 0.250. The fourth-order valence-electron chi connectivity index (χ4n) is 1.92. The lowest BCUT2D eigenvalue weighted by atomic mass is 10.2. The second-order valence-corrected chi connectivity index (χ2v) is 5.71. The summed E-state index contributed by atoms with van der Waals surface area (Å²) < 4.78 is 5.96. The third-order valence-electron chi connectivity index (χ3n) is 3.07. The van der Waals surface area contributed by atoms with E-state index in [9.17, 15) is 4.79 Å². The Hall–Kier alpha value is -1.92. The fourth-order valence-corrected chi connectivity index (χ4v) is 2.40. The highest BCUT2D eigenvalue weighted by Crippen LogP contribution is 2.21. The van der Waals surface area contributed by atoms with Crippen LogP contribution >= 0.6 is 15.9 Å². The molecule has 6 heteroatoms. The number of aryl methyl sites for hydroxylation is 1. The lowest BCUT2D eigenvalue weighted by molar-refractivity contribution is 0.102. The molecule has 0 saturated carbocycles. The average Bonchev–Trinajstić information content (AvgIpc) is 2.50. The van der Waals surface area contributed by atoms with Crippen LogP contribution in [0.5, 0.6) is 0 Å². The first-order valence-electron chi connectivity index (χ1n) is 6.85. The van der Waals surface area contributed by atoms with Gasteiger partial charge in [0.15, 0.2) is 0 Å². The first-order valence-corrected chi connectivity index (χ1v) is 7.65. The minimum atomic E-state index is -0.187. The number of hydrogen-bond donors (Lipinski definition) is 2. The molecule has 0 radical (unpaired) electrons. The van der Waals surface area contributed by atoms with Crippen molar-refractivity contribution in [3.8, 4) is 0 Å². The summed E-state index contributed by atoms with van der Waals surface area (Å²) in [5.41, 5.74) is 3.07. The molecule has 0 fully saturated rings. The van der Waals surface area contributed by atoms with Crippen LogP contribution in [0.2, 0.25) is 0 Å². The normalized spacial score (nSPS) is 10.3. The van der Waals surface area contributed by atoms with Crippen molar-refractivity contribution in [3.05, 3.63) is 52.3 Å². The molecule has 0 unspecified atom stereocenters. The van der Waals surface area contributed by atoms with E-state index in [2.05, 4.69) is 31.5 Å². The summed E-state index contributed by atoms with van der Waals surface area (Å²) >= 11 is 3.41. The Morgan fingerprint density at radius 1 is 1.32 bits per heavy atom. The maximum absolute atomic E-state index is 12.3. The molecule has 1 heterocycles. The summed E-state index contributed by atoms with van der Waals surface area (Å²) in [4.78, 5) is 16.4. The molecule has 0 spiro atoms. The van der Waals surface area contributed by atoms with E-state index in [4.69, 9.17) is 4.74 Å². The molecule has 2 aromatic rings. The van der Waals surface area contributed by atoms with Crippen LogP contribution in [0, 0.1) is 6.92 Å². The number of methoxy groups -OCH3 is 1. The van der Waals surface area contributed by atoms with Crippen LogP contribution in [0.25, 0.3) is 0 Å². The van der Waals surface area contributed by atoms with Gasteiger partial charge in [-0.3, -0.25) is 9.78 Å². The number of nitrogens with zero attached hydrogens (tertiary/aromatic N) is 1. The SMILES string of the molecule is COCCNc1cncc(C(=O)Nc2ccc(Br)cc2C)c1. The quantitative estimate of drug-likeness (QED) is 0.771. The van der Waals surface area contributed by atoms with Gasteiger partial charge in [-0.05, 0) is 36.8 Å². The van der Waals surface area contributed by atoms with Crippen LogP contribution in [-0.4, -0.2) is 31.2 Å². The zero-order valence-electron chi connectivity index (χ0n) is 12.5. The lowest BCUT2D eigenvalue weighted by Crippen LogP contribution is -2.14. The number of hydrogen-bond acceptors (Lipinski definition) is 4. The maximum atomic E-state index is 12.3. The van der Waals surface area contributed by atoms with Gasteiger partial charge < -0.3 is 15.4 Å². The molecule has 22 heavy (non-hydrogen) atoms. The van der Waals surface area contributed by atoms with Gasteiger partial charge in [0.25, 0.3) is 5.91 Å². The van der Waals surface area contributed by atoms with Crippen LogP contribution in [0.4, 0.5) is 11.4 Å². The lowest BCUT2D eigenvalue weighted by Gasteiger charge is -2.10. The van der Waals surface area contributed by atoms with Gasteiger partial charge in [-0.2, -0.15) is 0 Å². The smallest absolute Gasteiger partial charge is 0.257 e. The number of amides is 1. The van der Waals surface area contributed by atoms with Crippen LogP contribution in [0.3, 0.4) is 0 Å². The number of benzene rings is 1. The Balaban J connectivity index is 2.07. The Labute approximate surface area is 138 Å². The molecule has 0 aliphatic carbocycles. The molecule has 0 saturated heterocycles. The second kappa shape index (κ2) is 7.91. The predicted octanol–water partition coefficient (Wildman–Crippen LogP) is 3.46. The van der Waals surface area contributed by atoms with Gasteiger partial charge in [0.2, 0.25) is 0 Å². The standard InChI is InChI=1S/C16H18BrN3O2/c1-11-7-13(17)3-4-15(11)20-16(21)12-8-14(10-18-9-12)19-5-6-22-2/h3-4,7-10,19H,5-6H2,1-2H3,(H,20,21). The van der Waals surface area contributed by atoms with Crippen molar-refractivity contribution in [2.24, 2.45) is 0 Å². The Kier molecular flexibility index (Phi) is 5.91. The molecule has 0 aliphatic rings. The predicted molar refractivity (Wildman–Crippen MR) is 91.4 cm³/mol. The largest absolute Gasteiger partial charge is 0.383 e. The molecular weight excluding hydrogens is 346 g/mol. The number of carbonyl (C=O) groups is 1. The highest BCUT2D eigenvalue weighted by molar-refractivity contribution is 9.10. The Morgan fingerprint density at radius 2 is 2.14 bits per heavy atom. The molecule has 0 atom stereocenters. The van der Waals surface area contributed by atoms with Crippen LogP contribution in [0.15, 0.2) is 41.1 Å². The number of anilines is 2. The first-order chi connectivity index (χ1) is 10.6. The van der Waals surface area contributed by atoms with Crippen LogP contribution < -0.4 is 10.6 Å². The van der Waals surface area contributed by atoms with Crippen molar-refractivity contribution >= 4 is 33.2 Å². The van der Waals surface area contributed by atoms with E-state index in [0.717, 1.165) is 21.4 Å². The molecule has 0 aliphatic heterocycles. The van der Waals surface area contributed by atoms with E-state index in [1.165, 1.54) is 0 Å². The van der Waals surface area contributed by atoms with E-state index in [0.29, 0.717) is 18.7 Å². The van der Waals surface area contributed by atoms with E-state index in [1.807, 2.05) is 25.1 Å². The molecule has 0 bridgehead atoms. The number of nitrogens with one attached hydrogen (secondary N) is 2. The third kappa shape index (κ3) is 4.54. The summed E-state index contributed by atoms with van der Waals surface area (Å²) in [5.74, 6) is -0.187. The number of carbonyl (C=O) groups excluding carboxylic acids is 1. The molecule has 116 valence electrons. The minimum Gasteiger partial charge on any atom is -0.383 e. The molecule has 2 rings (SSSR count). The molecule has 2 N–H and O–H groups in total. The van der Waals surface area contributed by atoms with Gasteiger partial charge in [-0.15, -0.1) is 0 Å². The van der Waals surface area contributed by atoms with Gasteiger partial charge >= 0.3 is 0 Å². The van der Waals surface area contributed by atoms with Crippen LogP contribution in [0.1, 0.15) is 15.9 Å². The summed E-state index contributed by atoms with van der Waals surface area (Å²) in [7, 11) is 1.64. The zero-order valence-corrected chi connectivity index (χ0v) is 14.1. The van der Waals surface area contributed by atoms with Crippen molar-refractivity contribution in [3.63, 3.8) is 0 Å². The summed E-state index contributed by atoms with van der Waals surface area (Å²) in [5, 5.41) is 6.05. The van der Waals surface area contributed by atoms with Crippen LogP contribution in [-0.2, 0) is 4.74 Å². The van der Waals surface area contributed by atoms with Gasteiger partial charge in [0, 0.05) is 36.2 Å². The van der Waals surface area contributed by atoms with E-state index in [1.54, 1.807) is 25.6 Å². The molecule has 1 amide bonds. The molecule has 1 aromatic carbocycles. The third-order valence-corrected chi connectivity index (χ3v) is 3.57. The number of rotatable bonds is 6. The summed E-state index contributed by atoms with van der Waals surface area (Å²) in [6.07, 6.45) is 3.22. The highest BCUT2D eigenvalue weighted by atomic mass is 79.9. The molecular formula is C16H18BrN3O2. The van der Waals surface area contributed by atoms with Gasteiger partial charge in [0.05, 0.1) is 17.9 Å². The number of pyridine rings is 1. The summed E-state index contributed by atoms with van der Waals surface area (Å²) in [6, 6.07) is 7.48. The topological polar surface area (TPSA) is 63.2 Å². The number of aromatic nitrogens is 1. The van der Waals surface area contributed by atoms with Crippen molar-refractivity contribution in [1.82, 2.24) is 4.98 Å². The van der Waals surface area contributed by atoms with Gasteiger partial charge in [0.1, 0.15) is 0 Å².